The number of carbonyl (C=O) groups is 1. The van der Waals surface area contributed by atoms with Gasteiger partial charge >= 0.3 is 0 Å². The Labute approximate surface area is 166 Å². The lowest BCUT2D eigenvalue weighted by Crippen LogP contribution is -2.51. The first-order chi connectivity index (χ1) is 13.1. The third kappa shape index (κ3) is 4.09. The number of carbonyl (C=O) groups excluding carboxylic acids is 1. The van der Waals surface area contributed by atoms with Gasteiger partial charge in [0.15, 0.2) is 0 Å². The van der Waals surface area contributed by atoms with Crippen molar-refractivity contribution < 1.29 is 13.2 Å². The molecule has 0 saturated carbocycles. The zero-order valence-corrected chi connectivity index (χ0v) is 17.4. The van der Waals surface area contributed by atoms with Crippen molar-refractivity contribution in [2.75, 3.05) is 39.3 Å². The Bertz CT molecular complexity index is 736. The highest BCUT2D eigenvalue weighted by molar-refractivity contribution is 7.91. The number of hydrogen-bond acceptors (Lipinski definition) is 5. The summed E-state index contributed by atoms with van der Waals surface area (Å²) in [6.07, 6.45) is 6.05. The van der Waals surface area contributed by atoms with Crippen molar-refractivity contribution in [3.05, 3.63) is 17.5 Å². The molecule has 4 rings (SSSR count). The Kier molecular flexibility index (Phi) is 5.87. The molecule has 8 heteroatoms. The standard InChI is InChI=1S/C19H29N3O3S2/c23-19(20-9-1-2-10-20)16-5-3-11-21(15-16)17-7-12-22(13-8-17)27(24,25)18-6-4-14-26-18/h4,6,14,16-17H,1-3,5,7-13,15H2. The van der Waals surface area contributed by atoms with Crippen LogP contribution in [0.25, 0.3) is 0 Å². The van der Waals surface area contributed by atoms with Crippen LogP contribution < -0.4 is 0 Å². The second-order valence-electron chi connectivity index (χ2n) is 7.93. The molecule has 3 aliphatic heterocycles. The Balaban J connectivity index is 1.33. The number of amides is 1. The fourth-order valence-electron chi connectivity index (χ4n) is 4.72. The quantitative estimate of drug-likeness (QED) is 0.762. The van der Waals surface area contributed by atoms with Crippen LogP contribution in [-0.4, -0.2) is 73.7 Å². The molecule has 3 fully saturated rings. The van der Waals surface area contributed by atoms with Gasteiger partial charge in [-0.05, 0) is 56.5 Å². The predicted octanol–water partition coefficient (Wildman–Crippen LogP) is 2.24. The van der Waals surface area contributed by atoms with Crippen LogP contribution in [0.4, 0.5) is 0 Å². The zero-order chi connectivity index (χ0) is 18.9. The average Bonchev–Trinajstić information content (AvgIpc) is 3.42. The van der Waals surface area contributed by atoms with E-state index in [1.807, 2.05) is 10.3 Å². The minimum atomic E-state index is -3.34. The van der Waals surface area contributed by atoms with Crippen molar-refractivity contribution in [2.45, 2.75) is 48.8 Å². The lowest BCUT2D eigenvalue weighted by atomic mass is 9.93. The first-order valence-corrected chi connectivity index (χ1v) is 12.4. The van der Waals surface area contributed by atoms with Gasteiger partial charge < -0.3 is 4.90 Å². The fourth-order valence-corrected chi connectivity index (χ4v) is 7.33. The van der Waals surface area contributed by atoms with Crippen LogP contribution in [-0.2, 0) is 14.8 Å². The van der Waals surface area contributed by atoms with Crippen LogP contribution in [0.5, 0.6) is 0 Å². The van der Waals surface area contributed by atoms with E-state index in [4.69, 9.17) is 0 Å². The van der Waals surface area contributed by atoms with Crippen LogP contribution in [0, 0.1) is 5.92 Å². The van der Waals surface area contributed by atoms with Crippen LogP contribution >= 0.6 is 11.3 Å². The molecule has 1 amide bonds. The minimum Gasteiger partial charge on any atom is -0.342 e. The van der Waals surface area contributed by atoms with E-state index < -0.39 is 10.0 Å². The van der Waals surface area contributed by atoms with E-state index in [0.717, 1.165) is 64.7 Å². The molecule has 3 aliphatic rings. The Morgan fingerprint density at radius 2 is 1.74 bits per heavy atom. The lowest BCUT2D eigenvalue weighted by molar-refractivity contribution is -0.136. The van der Waals surface area contributed by atoms with Gasteiger partial charge in [-0.2, -0.15) is 4.31 Å². The molecule has 150 valence electrons. The fraction of sp³-hybridized carbons (Fsp3) is 0.737. The summed E-state index contributed by atoms with van der Waals surface area (Å²) < 4.78 is 27.5. The first kappa shape index (κ1) is 19.4. The molecule has 0 aliphatic carbocycles. The van der Waals surface area contributed by atoms with E-state index in [0.29, 0.717) is 29.2 Å². The molecule has 0 spiro atoms. The smallest absolute Gasteiger partial charge is 0.252 e. The number of hydrogen-bond donors (Lipinski definition) is 0. The van der Waals surface area contributed by atoms with Gasteiger partial charge in [-0.3, -0.25) is 9.69 Å². The third-order valence-corrected chi connectivity index (χ3v) is 9.52. The van der Waals surface area contributed by atoms with Gasteiger partial charge in [0.25, 0.3) is 10.0 Å². The largest absolute Gasteiger partial charge is 0.342 e. The number of piperidine rings is 2. The molecule has 1 atom stereocenters. The molecule has 0 N–H and O–H groups in total. The first-order valence-electron chi connectivity index (χ1n) is 10.1. The molecule has 6 nitrogen and oxygen atoms in total. The Morgan fingerprint density at radius 3 is 2.41 bits per heavy atom. The van der Waals surface area contributed by atoms with E-state index in [9.17, 15) is 13.2 Å². The normalized spacial score (nSPS) is 26.5. The van der Waals surface area contributed by atoms with Crippen molar-refractivity contribution in [2.24, 2.45) is 5.92 Å². The van der Waals surface area contributed by atoms with Crippen LogP contribution in [0.1, 0.15) is 38.5 Å². The van der Waals surface area contributed by atoms with Gasteiger partial charge in [0.2, 0.25) is 5.91 Å². The van der Waals surface area contributed by atoms with Gasteiger partial charge in [-0.25, -0.2) is 8.42 Å². The van der Waals surface area contributed by atoms with Crippen LogP contribution in [0.15, 0.2) is 21.7 Å². The second-order valence-corrected chi connectivity index (χ2v) is 11.0. The molecule has 3 saturated heterocycles. The second kappa shape index (κ2) is 8.19. The highest BCUT2D eigenvalue weighted by Gasteiger charge is 2.36. The maximum atomic E-state index is 12.8. The summed E-state index contributed by atoms with van der Waals surface area (Å²) >= 11 is 1.29. The lowest BCUT2D eigenvalue weighted by Gasteiger charge is -2.42. The topological polar surface area (TPSA) is 60.9 Å². The summed E-state index contributed by atoms with van der Waals surface area (Å²) in [4.78, 5) is 17.3. The van der Waals surface area contributed by atoms with Crippen molar-refractivity contribution in [3.8, 4) is 0 Å². The number of rotatable bonds is 4. The Hall–Kier alpha value is -0.960. The van der Waals surface area contributed by atoms with E-state index in [1.165, 1.54) is 11.3 Å². The summed E-state index contributed by atoms with van der Waals surface area (Å²) in [5.74, 6) is 0.472. The van der Waals surface area contributed by atoms with Gasteiger partial charge in [-0.1, -0.05) is 6.07 Å². The molecule has 4 heterocycles. The van der Waals surface area contributed by atoms with E-state index >= 15 is 0 Å². The van der Waals surface area contributed by atoms with Gasteiger partial charge in [0, 0.05) is 38.8 Å². The Morgan fingerprint density at radius 1 is 1.00 bits per heavy atom. The molecule has 1 aromatic heterocycles. The van der Waals surface area contributed by atoms with E-state index in [2.05, 4.69) is 4.90 Å². The highest BCUT2D eigenvalue weighted by atomic mass is 32.2. The van der Waals surface area contributed by atoms with Gasteiger partial charge in [0.1, 0.15) is 4.21 Å². The summed E-state index contributed by atoms with van der Waals surface area (Å²) in [7, 11) is -3.34. The highest BCUT2D eigenvalue weighted by Crippen LogP contribution is 2.29. The summed E-state index contributed by atoms with van der Waals surface area (Å²) in [6, 6.07) is 3.87. The number of likely N-dealkylation sites (tertiary alicyclic amines) is 2. The van der Waals surface area contributed by atoms with Crippen LogP contribution in [0.2, 0.25) is 0 Å². The molecule has 1 aromatic rings. The maximum Gasteiger partial charge on any atom is 0.252 e. The molecule has 27 heavy (non-hydrogen) atoms. The predicted molar refractivity (Wildman–Crippen MR) is 106 cm³/mol. The van der Waals surface area contributed by atoms with Crippen molar-refractivity contribution >= 4 is 27.3 Å². The van der Waals surface area contributed by atoms with Gasteiger partial charge in [-0.15, -0.1) is 11.3 Å². The minimum absolute atomic E-state index is 0.129. The molecular weight excluding hydrogens is 382 g/mol. The molecule has 0 radical (unpaired) electrons. The SMILES string of the molecule is O=C(C1CCCN(C2CCN(S(=O)(=O)c3cccs3)CC2)C1)N1CCCC1. The maximum absolute atomic E-state index is 12.8. The molecule has 0 aromatic carbocycles. The van der Waals surface area contributed by atoms with Crippen LogP contribution in [0.3, 0.4) is 0 Å². The van der Waals surface area contributed by atoms with Crippen molar-refractivity contribution in [3.63, 3.8) is 0 Å². The number of nitrogens with zero attached hydrogens (tertiary/aromatic N) is 3. The van der Waals surface area contributed by atoms with E-state index in [-0.39, 0.29) is 5.92 Å². The number of thiophene rings is 1. The molecule has 1 unspecified atom stereocenters. The molecule has 0 bridgehead atoms. The zero-order valence-electron chi connectivity index (χ0n) is 15.8. The average molecular weight is 412 g/mol. The third-order valence-electron chi connectivity index (χ3n) is 6.25. The van der Waals surface area contributed by atoms with Crippen molar-refractivity contribution in [1.29, 1.82) is 0 Å². The summed E-state index contributed by atoms with van der Waals surface area (Å²) in [5.41, 5.74) is 0. The molecular formula is C19H29N3O3S2. The summed E-state index contributed by atoms with van der Waals surface area (Å²) in [5, 5.41) is 1.81. The monoisotopic (exact) mass is 411 g/mol. The number of sulfonamides is 1. The van der Waals surface area contributed by atoms with Gasteiger partial charge in [0.05, 0.1) is 5.92 Å². The van der Waals surface area contributed by atoms with E-state index in [1.54, 1.807) is 16.4 Å². The van der Waals surface area contributed by atoms with Crippen molar-refractivity contribution in [1.82, 2.24) is 14.1 Å². The summed E-state index contributed by atoms with van der Waals surface area (Å²) in [6.45, 7) is 4.88.